The number of hydrogen-bond acceptors (Lipinski definition) is 7. The van der Waals surface area contributed by atoms with Crippen LogP contribution >= 0.6 is 0 Å². The zero-order valence-corrected chi connectivity index (χ0v) is 9.17. The molecule has 86 valence electrons. The Morgan fingerprint density at radius 2 is 1.56 bits per heavy atom. The standard InChI is InChI=1S/C11H7N7/c1-3-8(18-16-6-1)9-14-7-15-11(17-9)10-12-4-2-5-13-10/h1-7H. The van der Waals surface area contributed by atoms with Crippen LogP contribution in [0.3, 0.4) is 0 Å². The highest BCUT2D eigenvalue weighted by atomic mass is 15.1. The van der Waals surface area contributed by atoms with Crippen molar-refractivity contribution in [2.75, 3.05) is 0 Å². The van der Waals surface area contributed by atoms with Gasteiger partial charge in [-0.2, -0.15) is 5.10 Å². The van der Waals surface area contributed by atoms with Gasteiger partial charge in [0.25, 0.3) is 0 Å². The summed E-state index contributed by atoms with van der Waals surface area (Å²) in [5, 5.41) is 7.72. The Hall–Kier alpha value is -2.83. The molecule has 3 heterocycles. The number of rotatable bonds is 2. The summed E-state index contributed by atoms with van der Waals surface area (Å²) in [6.45, 7) is 0. The van der Waals surface area contributed by atoms with Crippen molar-refractivity contribution in [3.63, 3.8) is 0 Å². The first-order valence-electron chi connectivity index (χ1n) is 5.18. The largest absolute Gasteiger partial charge is 0.234 e. The van der Waals surface area contributed by atoms with Gasteiger partial charge in [0.15, 0.2) is 11.6 Å². The fraction of sp³-hybridized carbons (Fsp3) is 0. The molecule has 0 aliphatic rings. The van der Waals surface area contributed by atoms with Gasteiger partial charge in [0.2, 0.25) is 5.82 Å². The lowest BCUT2D eigenvalue weighted by molar-refractivity contribution is 0.978. The minimum atomic E-state index is 0.409. The van der Waals surface area contributed by atoms with Crippen molar-refractivity contribution in [1.82, 2.24) is 35.1 Å². The van der Waals surface area contributed by atoms with E-state index in [2.05, 4.69) is 35.1 Å². The Kier molecular flexibility index (Phi) is 2.63. The minimum absolute atomic E-state index is 0.409. The van der Waals surface area contributed by atoms with Gasteiger partial charge in [-0.05, 0) is 18.2 Å². The van der Waals surface area contributed by atoms with Crippen molar-refractivity contribution in [2.24, 2.45) is 0 Å². The summed E-state index contributed by atoms with van der Waals surface area (Å²) in [6.07, 6.45) is 6.26. The minimum Gasteiger partial charge on any atom is -0.234 e. The molecule has 0 saturated carbocycles. The van der Waals surface area contributed by atoms with Crippen LogP contribution < -0.4 is 0 Å². The smallest absolute Gasteiger partial charge is 0.201 e. The maximum atomic E-state index is 4.26. The predicted molar refractivity (Wildman–Crippen MR) is 61.9 cm³/mol. The normalized spacial score (nSPS) is 10.2. The maximum absolute atomic E-state index is 4.26. The molecule has 0 fully saturated rings. The Labute approximate surface area is 102 Å². The van der Waals surface area contributed by atoms with Crippen molar-refractivity contribution in [3.05, 3.63) is 43.1 Å². The topological polar surface area (TPSA) is 90.2 Å². The lowest BCUT2D eigenvalue weighted by Gasteiger charge is -2.00. The third kappa shape index (κ3) is 2.01. The second-order valence-corrected chi connectivity index (χ2v) is 3.31. The summed E-state index contributed by atoms with van der Waals surface area (Å²) in [5.74, 6) is 1.30. The van der Waals surface area contributed by atoms with Crippen LogP contribution in [0.2, 0.25) is 0 Å². The third-order valence-electron chi connectivity index (χ3n) is 2.14. The maximum Gasteiger partial charge on any atom is 0.201 e. The quantitative estimate of drug-likeness (QED) is 0.650. The van der Waals surface area contributed by atoms with Crippen LogP contribution in [0.4, 0.5) is 0 Å². The Morgan fingerprint density at radius 1 is 0.722 bits per heavy atom. The molecule has 3 aromatic rings. The van der Waals surface area contributed by atoms with Gasteiger partial charge in [0.1, 0.15) is 12.0 Å². The third-order valence-corrected chi connectivity index (χ3v) is 2.14. The highest BCUT2D eigenvalue weighted by Gasteiger charge is 2.08. The van der Waals surface area contributed by atoms with E-state index in [0.29, 0.717) is 23.2 Å². The Balaban J connectivity index is 2.05. The number of aromatic nitrogens is 7. The zero-order valence-electron chi connectivity index (χ0n) is 9.17. The SMILES string of the molecule is c1cnc(-c2ncnc(-c3cccnn3)n2)nc1. The van der Waals surface area contributed by atoms with Crippen molar-refractivity contribution in [3.8, 4) is 23.2 Å². The van der Waals surface area contributed by atoms with E-state index in [0.717, 1.165) is 0 Å². The van der Waals surface area contributed by atoms with Crippen LogP contribution in [0, 0.1) is 0 Å². The van der Waals surface area contributed by atoms with E-state index in [1.807, 2.05) is 0 Å². The molecule has 0 unspecified atom stereocenters. The first-order valence-corrected chi connectivity index (χ1v) is 5.18. The van der Waals surface area contributed by atoms with Crippen LogP contribution in [-0.4, -0.2) is 35.1 Å². The molecule has 0 aromatic carbocycles. The lowest BCUT2D eigenvalue weighted by Crippen LogP contribution is -1.99. The summed E-state index contributed by atoms with van der Waals surface area (Å²) < 4.78 is 0. The summed E-state index contributed by atoms with van der Waals surface area (Å²) in [4.78, 5) is 20.5. The molecule has 0 amide bonds. The van der Waals surface area contributed by atoms with Crippen LogP contribution in [0.15, 0.2) is 43.1 Å². The van der Waals surface area contributed by atoms with E-state index in [-0.39, 0.29) is 0 Å². The van der Waals surface area contributed by atoms with Crippen LogP contribution in [0.5, 0.6) is 0 Å². The Bertz CT molecular complexity index is 587. The average Bonchev–Trinajstić information content (AvgIpc) is 2.49. The molecule has 3 aromatic heterocycles. The molecule has 0 N–H and O–H groups in total. The highest BCUT2D eigenvalue weighted by Crippen LogP contribution is 2.12. The lowest BCUT2D eigenvalue weighted by atomic mass is 10.3. The number of nitrogens with zero attached hydrogens (tertiary/aromatic N) is 7. The van der Waals surface area contributed by atoms with E-state index in [9.17, 15) is 0 Å². The Morgan fingerprint density at radius 3 is 2.33 bits per heavy atom. The molecule has 0 spiro atoms. The van der Waals surface area contributed by atoms with Crippen molar-refractivity contribution in [1.29, 1.82) is 0 Å². The summed E-state index contributed by atoms with van der Waals surface area (Å²) >= 11 is 0. The molecule has 0 aliphatic carbocycles. The molecule has 0 saturated heterocycles. The predicted octanol–water partition coefficient (Wildman–Crippen LogP) is 0.786. The van der Waals surface area contributed by atoms with Crippen molar-refractivity contribution >= 4 is 0 Å². The average molecular weight is 237 g/mol. The molecule has 0 aliphatic heterocycles. The fourth-order valence-corrected chi connectivity index (χ4v) is 1.36. The van der Waals surface area contributed by atoms with E-state index >= 15 is 0 Å². The van der Waals surface area contributed by atoms with E-state index in [4.69, 9.17) is 0 Å². The molecular weight excluding hydrogens is 230 g/mol. The molecule has 7 nitrogen and oxygen atoms in total. The molecular formula is C11H7N7. The van der Waals surface area contributed by atoms with E-state index < -0.39 is 0 Å². The first kappa shape index (κ1) is 10.3. The fourth-order valence-electron chi connectivity index (χ4n) is 1.36. The van der Waals surface area contributed by atoms with Crippen molar-refractivity contribution < 1.29 is 0 Å². The van der Waals surface area contributed by atoms with Gasteiger partial charge in [-0.25, -0.2) is 24.9 Å². The second-order valence-electron chi connectivity index (χ2n) is 3.31. The molecule has 7 heteroatoms. The molecule has 3 rings (SSSR count). The second kappa shape index (κ2) is 4.58. The molecule has 0 atom stereocenters. The van der Waals surface area contributed by atoms with Gasteiger partial charge in [0, 0.05) is 18.6 Å². The monoisotopic (exact) mass is 237 g/mol. The number of hydrogen-bond donors (Lipinski definition) is 0. The summed E-state index contributed by atoms with van der Waals surface area (Å²) in [6, 6.07) is 5.27. The molecule has 0 radical (unpaired) electrons. The van der Waals surface area contributed by atoms with Crippen LogP contribution in [-0.2, 0) is 0 Å². The van der Waals surface area contributed by atoms with E-state index in [1.54, 1.807) is 36.8 Å². The molecule has 18 heavy (non-hydrogen) atoms. The van der Waals surface area contributed by atoms with Crippen molar-refractivity contribution in [2.45, 2.75) is 0 Å². The van der Waals surface area contributed by atoms with E-state index in [1.165, 1.54) is 6.33 Å². The molecule has 0 bridgehead atoms. The first-order chi connectivity index (χ1) is 8.93. The van der Waals surface area contributed by atoms with Gasteiger partial charge >= 0.3 is 0 Å². The highest BCUT2D eigenvalue weighted by molar-refractivity contribution is 5.51. The van der Waals surface area contributed by atoms with Gasteiger partial charge in [-0.1, -0.05) is 0 Å². The van der Waals surface area contributed by atoms with Gasteiger partial charge < -0.3 is 0 Å². The van der Waals surface area contributed by atoms with Crippen LogP contribution in [0.25, 0.3) is 23.2 Å². The van der Waals surface area contributed by atoms with Crippen LogP contribution in [0.1, 0.15) is 0 Å². The van der Waals surface area contributed by atoms with Gasteiger partial charge in [0.05, 0.1) is 0 Å². The summed E-state index contributed by atoms with van der Waals surface area (Å²) in [7, 11) is 0. The summed E-state index contributed by atoms with van der Waals surface area (Å²) in [5.41, 5.74) is 0.581. The van der Waals surface area contributed by atoms with Gasteiger partial charge in [-0.15, -0.1) is 5.10 Å². The van der Waals surface area contributed by atoms with Gasteiger partial charge in [-0.3, -0.25) is 0 Å². The zero-order chi connectivity index (χ0) is 12.2.